The van der Waals surface area contributed by atoms with Crippen LogP contribution in [-0.4, -0.2) is 60.4 Å². The number of fused-ring (bicyclic) bond motifs is 1. The first-order valence-corrected chi connectivity index (χ1v) is 11.4. The molecule has 1 aliphatic heterocycles. The first kappa shape index (κ1) is 24.8. The number of nitrogens with zero attached hydrogens (tertiary/aromatic N) is 2. The monoisotopic (exact) mass is 519 g/mol. The quantitative estimate of drug-likeness (QED) is 0.406. The number of hydrogen-bond donors (Lipinski definition) is 3. The molecule has 1 aromatic carbocycles. The van der Waals surface area contributed by atoms with Crippen LogP contribution in [0.3, 0.4) is 0 Å². The van der Waals surface area contributed by atoms with Crippen molar-refractivity contribution in [2.45, 2.75) is 18.5 Å². The number of aromatic nitrogens is 3. The Morgan fingerprint density at radius 1 is 1.23 bits per heavy atom. The molecule has 4 rings (SSSR count). The number of carbonyl (C=O) groups is 1. The predicted octanol–water partition coefficient (Wildman–Crippen LogP) is 3.18. The Bertz CT molecular complexity index is 1320. The summed E-state index contributed by atoms with van der Waals surface area (Å²) in [6.07, 6.45) is 3.34. The zero-order valence-electron chi connectivity index (χ0n) is 19.0. The van der Waals surface area contributed by atoms with Crippen molar-refractivity contribution in [3.05, 3.63) is 51.4 Å². The summed E-state index contributed by atoms with van der Waals surface area (Å²) in [4.78, 5) is 36.3. The number of ether oxygens (including phenoxy) is 3. The van der Waals surface area contributed by atoms with Gasteiger partial charge in [-0.1, -0.05) is 29.8 Å². The third kappa shape index (κ3) is 5.04. The molecule has 1 fully saturated rings. The molecule has 1 saturated heterocycles. The first-order chi connectivity index (χ1) is 16.9. The largest absolute Gasteiger partial charge is 0.495 e. The van der Waals surface area contributed by atoms with Crippen LogP contribution in [-0.2, 0) is 9.53 Å². The highest BCUT2D eigenvalue weighted by molar-refractivity contribution is 6.41. The van der Waals surface area contributed by atoms with Crippen LogP contribution in [0, 0.1) is 0 Å². The van der Waals surface area contributed by atoms with Gasteiger partial charge in [0.1, 0.15) is 17.0 Å². The van der Waals surface area contributed by atoms with Crippen molar-refractivity contribution in [3.8, 4) is 22.8 Å². The lowest BCUT2D eigenvalue weighted by Gasteiger charge is -2.32. The Kier molecular flexibility index (Phi) is 7.44. The highest BCUT2D eigenvalue weighted by atomic mass is 35.5. The van der Waals surface area contributed by atoms with E-state index < -0.39 is 5.56 Å². The number of pyridine rings is 1. The molecule has 35 heavy (non-hydrogen) atoms. The third-order valence-corrected chi connectivity index (χ3v) is 6.36. The summed E-state index contributed by atoms with van der Waals surface area (Å²) < 4.78 is 16.2. The lowest BCUT2D eigenvalue weighted by Crippen LogP contribution is -2.52. The number of aromatic amines is 1. The second kappa shape index (κ2) is 10.5. The molecule has 0 bridgehead atoms. The van der Waals surface area contributed by atoms with Gasteiger partial charge in [-0.25, -0.2) is 9.97 Å². The van der Waals surface area contributed by atoms with E-state index in [1.54, 1.807) is 12.1 Å². The van der Waals surface area contributed by atoms with E-state index in [2.05, 4.69) is 32.2 Å². The Morgan fingerprint density at radius 2 is 1.94 bits per heavy atom. The Hall–Kier alpha value is -3.34. The minimum absolute atomic E-state index is 0.164. The molecule has 3 aromatic rings. The number of benzene rings is 1. The highest BCUT2D eigenvalue weighted by Gasteiger charge is 2.27. The van der Waals surface area contributed by atoms with Gasteiger partial charge >= 0.3 is 0 Å². The maximum Gasteiger partial charge on any atom is 0.275 e. The molecule has 1 aliphatic rings. The van der Waals surface area contributed by atoms with Gasteiger partial charge in [-0.2, -0.15) is 0 Å². The minimum Gasteiger partial charge on any atom is -0.495 e. The standard InChI is InChI=1S/C23H23Cl2N5O5/c1-4-17(31)27-12-5-6-35-10-14(12)29-23-26-9-11-7-13(28-22(32)21(11)30-23)18-19(24)15(33-2)8-16(34-3)20(18)25/h4,7-9,12,14H,1,5-6,10H2,2-3H3,(H,27,31)(H,28,32)(H,26,29,30)/t12-,14+/m0/s1. The summed E-state index contributed by atoms with van der Waals surface area (Å²) in [6, 6.07) is 2.74. The molecule has 2 atom stereocenters. The lowest BCUT2D eigenvalue weighted by molar-refractivity contribution is -0.117. The van der Waals surface area contributed by atoms with Crippen molar-refractivity contribution in [2.24, 2.45) is 0 Å². The Morgan fingerprint density at radius 3 is 2.60 bits per heavy atom. The third-order valence-electron chi connectivity index (χ3n) is 5.61. The first-order valence-electron chi connectivity index (χ1n) is 10.6. The molecule has 184 valence electrons. The van der Waals surface area contributed by atoms with Crippen LogP contribution in [0.25, 0.3) is 22.2 Å². The topological polar surface area (TPSA) is 127 Å². The van der Waals surface area contributed by atoms with Crippen molar-refractivity contribution in [2.75, 3.05) is 32.8 Å². The van der Waals surface area contributed by atoms with Crippen LogP contribution >= 0.6 is 23.2 Å². The molecule has 2 aromatic heterocycles. The van der Waals surface area contributed by atoms with E-state index in [1.165, 1.54) is 26.5 Å². The zero-order chi connectivity index (χ0) is 25.1. The highest BCUT2D eigenvalue weighted by Crippen LogP contribution is 2.45. The maximum absolute atomic E-state index is 13.0. The van der Waals surface area contributed by atoms with Gasteiger partial charge in [0.25, 0.3) is 5.56 Å². The van der Waals surface area contributed by atoms with E-state index in [1.807, 2.05) is 0 Å². The summed E-state index contributed by atoms with van der Waals surface area (Å²) in [6.45, 7) is 4.34. The number of H-pyrrole nitrogens is 1. The number of halogens is 2. The van der Waals surface area contributed by atoms with Crippen LogP contribution < -0.4 is 25.7 Å². The number of rotatable bonds is 7. The SMILES string of the molecule is C=CC(=O)N[C@H]1CCOC[C@H]1Nc1ncc2cc(-c3c(Cl)c(OC)cc(OC)c3Cl)[nH]c(=O)c2n1. The lowest BCUT2D eigenvalue weighted by atomic mass is 10.0. The molecular formula is C23H23Cl2N5O5. The number of anilines is 1. The van der Waals surface area contributed by atoms with Crippen molar-refractivity contribution in [3.63, 3.8) is 0 Å². The number of hydrogen-bond acceptors (Lipinski definition) is 8. The fraction of sp³-hybridized carbons (Fsp3) is 0.304. The molecule has 0 saturated carbocycles. The van der Waals surface area contributed by atoms with Crippen molar-refractivity contribution >= 4 is 46.0 Å². The minimum atomic E-state index is -0.465. The van der Waals surface area contributed by atoms with Crippen molar-refractivity contribution in [1.29, 1.82) is 0 Å². The van der Waals surface area contributed by atoms with E-state index in [4.69, 9.17) is 37.4 Å². The molecule has 0 spiro atoms. The average molecular weight is 520 g/mol. The van der Waals surface area contributed by atoms with Crippen LogP contribution in [0.5, 0.6) is 11.5 Å². The van der Waals surface area contributed by atoms with Crippen molar-refractivity contribution < 1.29 is 19.0 Å². The predicted molar refractivity (Wildman–Crippen MR) is 134 cm³/mol. The summed E-state index contributed by atoms with van der Waals surface area (Å²) in [5.74, 6) is 0.627. The Balaban J connectivity index is 1.69. The summed E-state index contributed by atoms with van der Waals surface area (Å²) >= 11 is 13.0. The second-order valence-electron chi connectivity index (χ2n) is 7.73. The summed E-state index contributed by atoms with van der Waals surface area (Å²) in [7, 11) is 2.93. The molecule has 10 nitrogen and oxygen atoms in total. The molecule has 3 N–H and O–H groups in total. The van der Waals surface area contributed by atoms with E-state index >= 15 is 0 Å². The molecule has 0 aliphatic carbocycles. The van der Waals surface area contributed by atoms with Crippen LogP contribution in [0.15, 0.2) is 35.8 Å². The molecule has 3 heterocycles. The van der Waals surface area contributed by atoms with Gasteiger partial charge in [0.15, 0.2) is 0 Å². The molecular weight excluding hydrogens is 497 g/mol. The van der Waals surface area contributed by atoms with E-state index in [0.717, 1.165) is 0 Å². The molecule has 0 radical (unpaired) electrons. The van der Waals surface area contributed by atoms with Gasteiger partial charge in [-0.3, -0.25) is 9.59 Å². The molecule has 12 heteroatoms. The van der Waals surface area contributed by atoms with E-state index in [9.17, 15) is 9.59 Å². The van der Waals surface area contributed by atoms with Gasteiger partial charge in [0.2, 0.25) is 11.9 Å². The number of methoxy groups -OCH3 is 2. The second-order valence-corrected chi connectivity index (χ2v) is 8.48. The maximum atomic E-state index is 13.0. The number of nitrogens with one attached hydrogen (secondary N) is 3. The van der Waals surface area contributed by atoms with Gasteiger partial charge < -0.3 is 29.8 Å². The zero-order valence-corrected chi connectivity index (χ0v) is 20.5. The average Bonchev–Trinajstić information content (AvgIpc) is 2.86. The van der Waals surface area contributed by atoms with Gasteiger partial charge in [0.05, 0.1) is 48.6 Å². The van der Waals surface area contributed by atoms with Gasteiger partial charge in [-0.05, 0) is 18.6 Å². The fourth-order valence-corrected chi connectivity index (χ4v) is 4.54. The summed E-state index contributed by atoms with van der Waals surface area (Å²) in [5.41, 5.74) is 0.405. The Labute approximate surface area is 210 Å². The number of amides is 1. The van der Waals surface area contributed by atoms with Gasteiger partial charge in [-0.15, -0.1) is 0 Å². The van der Waals surface area contributed by atoms with E-state index in [0.29, 0.717) is 47.8 Å². The summed E-state index contributed by atoms with van der Waals surface area (Å²) in [5, 5.41) is 6.94. The van der Waals surface area contributed by atoms with Crippen LogP contribution in [0.2, 0.25) is 10.0 Å². The smallest absolute Gasteiger partial charge is 0.275 e. The molecule has 1 amide bonds. The van der Waals surface area contributed by atoms with Gasteiger partial charge in [0, 0.05) is 29.8 Å². The van der Waals surface area contributed by atoms with Crippen molar-refractivity contribution in [1.82, 2.24) is 20.3 Å². The van der Waals surface area contributed by atoms with Crippen LogP contribution in [0.4, 0.5) is 5.95 Å². The normalized spacial score (nSPS) is 17.6. The van der Waals surface area contributed by atoms with Crippen LogP contribution in [0.1, 0.15) is 6.42 Å². The molecule has 0 unspecified atom stereocenters. The van der Waals surface area contributed by atoms with E-state index in [-0.39, 0.29) is 39.5 Å². The number of carbonyl (C=O) groups excluding carboxylic acids is 1. The fourth-order valence-electron chi connectivity index (χ4n) is 3.84.